The smallest absolute Gasteiger partial charge is 0.0417 e. The van der Waals surface area contributed by atoms with Crippen molar-refractivity contribution in [2.75, 3.05) is 0 Å². The van der Waals surface area contributed by atoms with Gasteiger partial charge in [0, 0.05) is 15.5 Å². The summed E-state index contributed by atoms with van der Waals surface area (Å²) >= 11 is 9.33. The largest absolute Gasteiger partial charge is 0.324 e. The zero-order valence-corrected chi connectivity index (χ0v) is 10.7. The van der Waals surface area contributed by atoms with E-state index in [0.717, 1.165) is 9.50 Å². The van der Waals surface area contributed by atoms with Gasteiger partial charge >= 0.3 is 0 Å². The van der Waals surface area contributed by atoms with Crippen molar-refractivity contribution in [3.05, 3.63) is 33.3 Å². The topological polar surface area (TPSA) is 26.0 Å². The molecule has 2 rings (SSSR count). The van der Waals surface area contributed by atoms with Crippen molar-refractivity contribution >= 4 is 39.9 Å². The Balaban J connectivity index is 0.000000980. The molecule has 0 saturated heterocycles. The van der Waals surface area contributed by atoms with Crippen LogP contribution in [-0.4, -0.2) is 0 Å². The molecule has 1 aliphatic carbocycles. The number of rotatable bonds is 2. The molecular formula is C10H12BrCl2N. The third-order valence-electron chi connectivity index (χ3n) is 2.45. The predicted octanol–water partition coefficient (Wildman–Crippen LogP) is 3.93. The van der Waals surface area contributed by atoms with Gasteiger partial charge < -0.3 is 5.73 Å². The Morgan fingerprint density at radius 1 is 1.43 bits per heavy atom. The lowest BCUT2D eigenvalue weighted by Crippen LogP contribution is -2.12. The van der Waals surface area contributed by atoms with Crippen LogP contribution in [0.15, 0.2) is 22.7 Å². The molecule has 1 aromatic carbocycles. The lowest BCUT2D eigenvalue weighted by molar-refractivity contribution is 0.631. The van der Waals surface area contributed by atoms with Gasteiger partial charge in [-0.05, 0) is 36.5 Å². The fraction of sp³-hybridized carbons (Fsp3) is 0.400. The molecule has 1 aliphatic rings. The first-order valence-electron chi connectivity index (χ1n) is 4.39. The Morgan fingerprint density at radius 2 is 2.07 bits per heavy atom. The molecule has 0 bridgehead atoms. The second-order valence-corrected chi connectivity index (χ2v) is 4.82. The van der Waals surface area contributed by atoms with E-state index in [4.69, 9.17) is 17.3 Å². The Labute approximate surface area is 104 Å². The molecule has 1 atom stereocenters. The van der Waals surface area contributed by atoms with E-state index >= 15 is 0 Å². The van der Waals surface area contributed by atoms with Gasteiger partial charge in [0.05, 0.1) is 0 Å². The summed E-state index contributed by atoms with van der Waals surface area (Å²) in [5.74, 6) is 0.678. The molecule has 1 fully saturated rings. The molecule has 0 radical (unpaired) electrons. The van der Waals surface area contributed by atoms with Crippen molar-refractivity contribution in [2.45, 2.75) is 18.9 Å². The SMILES string of the molecule is Cl.N[C@H](c1ccc(Cl)cc1Br)C1CC1. The molecule has 0 aliphatic heterocycles. The summed E-state index contributed by atoms with van der Waals surface area (Å²) in [5, 5.41) is 0.749. The molecule has 0 aromatic heterocycles. The van der Waals surface area contributed by atoms with Crippen LogP contribution in [0, 0.1) is 5.92 Å². The summed E-state index contributed by atoms with van der Waals surface area (Å²) < 4.78 is 1.03. The lowest BCUT2D eigenvalue weighted by atomic mass is 10.0. The van der Waals surface area contributed by atoms with Crippen LogP contribution in [0.2, 0.25) is 5.02 Å². The Kier molecular flexibility index (Phi) is 4.26. The van der Waals surface area contributed by atoms with Gasteiger partial charge in [-0.15, -0.1) is 12.4 Å². The summed E-state index contributed by atoms with van der Waals surface area (Å²) in [6.45, 7) is 0. The van der Waals surface area contributed by atoms with Gasteiger partial charge in [-0.25, -0.2) is 0 Å². The maximum absolute atomic E-state index is 6.08. The van der Waals surface area contributed by atoms with Crippen LogP contribution in [0.3, 0.4) is 0 Å². The molecule has 0 amide bonds. The van der Waals surface area contributed by atoms with E-state index in [1.807, 2.05) is 18.2 Å². The third-order valence-corrected chi connectivity index (χ3v) is 3.37. The average molecular weight is 297 g/mol. The second kappa shape index (κ2) is 4.84. The van der Waals surface area contributed by atoms with E-state index in [2.05, 4.69) is 15.9 Å². The molecule has 1 nitrogen and oxygen atoms in total. The Bertz CT molecular complexity index is 326. The molecule has 2 N–H and O–H groups in total. The summed E-state index contributed by atoms with van der Waals surface area (Å²) in [6, 6.07) is 5.98. The van der Waals surface area contributed by atoms with Crippen LogP contribution in [-0.2, 0) is 0 Å². The van der Waals surface area contributed by atoms with E-state index in [1.165, 1.54) is 18.4 Å². The van der Waals surface area contributed by atoms with E-state index in [9.17, 15) is 0 Å². The van der Waals surface area contributed by atoms with Crippen molar-refractivity contribution in [1.82, 2.24) is 0 Å². The maximum atomic E-state index is 6.08. The van der Waals surface area contributed by atoms with E-state index in [0.29, 0.717) is 5.92 Å². The molecule has 4 heteroatoms. The fourth-order valence-corrected chi connectivity index (χ4v) is 2.43. The standard InChI is InChI=1S/C10H11BrClN.ClH/c11-9-5-7(12)3-4-8(9)10(13)6-1-2-6;/h3-6,10H,1-2,13H2;1H/t10-;/m0./s1. The Hall–Kier alpha value is 0.240. The average Bonchev–Trinajstić information content (AvgIpc) is 2.85. The first kappa shape index (κ1) is 12.3. The van der Waals surface area contributed by atoms with Crippen LogP contribution in [0.25, 0.3) is 0 Å². The number of nitrogens with two attached hydrogens (primary N) is 1. The van der Waals surface area contributed by atoms with Gasteiger partial charge in [0.1, 0.15) is 0 Å². The monoisotopic (exact) mass is 295 g/mol. The molecule has 1 aromatic rings. The molecule has 78 valence electrons. The number of benzene rings is 1. The number of hydrogen-bond acceptors (Lipinski definition) is 1. The zero-order chi connectivity index (χ0) is 9.42. The van der Waals surface area contributed by atoms with Crippen LogP contribution in [0.4, 0.5) is 0 Å². The minimum Gasteiger partial charge on any atom is -0.324 e. The fourth-order valence-electron chi connectivity index (χ4n) is 1.48. The highest BCUT2D eigenvalue weighted by atomic mass is 79.9. The quantitative estimate of drug-likeness (QED) is 0.879. The van der Waals surface area contributed by atoms with Crippen LogP contribution in [0.1, 0.15) is 24.4 Å². The molecule has 0 heterocycles. The van der Waals surface area contributed by atoms with Crippen molar-refractivity contribution in [1.29, 1.82) is 0 Å². The van der Waals surface area contributed by atoms with Crippen molar-refractivity contribution in [2.24, 2.45) is 11.7 Å². The maximum Gasteiger partial charge on any atom is 0.0417 e. The van der Waals surface area contributed by atoms with Crippen molar-refractivity contribution in [3.8, 4) is 0 Å². The van der Waals surface area contributed by atoms with Gasteiger partial charge in [0.25, 0.3) is 0 Å². The van der Waals surface area contributed by atoms with Crippen LogP contribution >= 0.6 is 39.9 Å². The summed E-state index contributed by atoms with van der Waals surface area (Å²) in [6.07, 6.45) is 2.52. The highest BCUT2D eigenvalue weighted by Crippen LogP contribution is 2.41. The third kappa shape index (κ3) is 2.63. The highest BCUT2D eigenvalue weighted by molar-refractivity contribution is 9.10. The highest BCUT2D eigenvalue weighted by Gasteiger charge is 2.30. The normalized spacial score (nSPS) is 17.4. The van der Waals surface area contributed by atoms with Crippen molar-refractivity contribution < 1.29 is 0 Å². The molecule has 0 unspecified atom stereocenters. The number of hydrogen-bond donors (Lipinski definition) is 1. The molecular weight excluding hydrogens is 285 g/mol. The summed E-state index contributed by atoms with van der Waals surface area (Å²) in [7, 11) is 0. The van der Waals surface area contributed by atoms with E-state index in [-0.39, 0.29) is 18.4 Å². The first-order valence-corrected chi connectivity index (χ1v) is 5.56. The minimum absolute atomic E-state index is 0. The predicted molar refractivity (Wildman–Crippen MR) is 66.1 cm³/mol. The van der Waals surface area contributed by atoms with Crippen LogP contribution < -0.4 is 5.73 Å². The van der Waals surface area contributed by atoms with E-state index in [1.54, 1.807) is 0 Å². The lowest BCUT2D eigenvalue weighted by Gasteiger charge is -2.12. The van der Waals surface area contributed by atoms with E-state index < -0.39 is 0 Å². The Morgan fingerprint density at radius 3 is 2.57 bits per heavy atom. The second-order valence-electron chi connectivity index (χ2n) is 3.53. The number of halogens is 3. The van der Waals surface area contributed by atoms with Gasteiger partial charge in [-0.2, -0.15) is 0 Å². The van der Waals surface area contributed by atoms with Crippen molar-refractivity contribution in [3.63, 3.8) is 0 Å². The van der Waals surface area contributed by atoms with Gasteiger partial charge in [0.15, 0.2) is 0 Å². The van der Waals surface area contributed by atoms with Gasteiger partial charge in [-0.3, -0.25) is 0 Å². The molecule has 1 saturated carbocycles. The van der Waals surface area contributed by atoms with Gasteiger partial charge in [0.2, 0.25) is 0 Å². The summed E-state index contributed by atoms with van der Waals surface area (Å²) in [5.41, 5.74) is 7.25. The van der Waals surface area contributed by atoms with Crippen LogP contribution in [0.5, 0.6) is 0 Å². The zero-order valence-electron chi connectivity index (χ0n) is 7.54. The molecule has 14 heavy (non-hydrogen) atoms. The first-order chi connectivity index (χ1) is 6.18. The molecule has 0 spiro atoms. The van der Waals surface area contributed by atoms with Gasteiger partial charge in [-0.1, -0.05) is 33.6 Å². The minimum atomic E-state index is 0. The summed E-state index contributed by atoms with van der Waals surface area (Å²) in [4.78, 5) is 0.